The number of aromatic nitrogens is 2. The summed E-state index contributed by atoms with van der Waals surface area (Å²) in [6.07, 6.45) is 1.94. The summed E-state index contributed by atoms with van der Waals surface area (Å²) in [5, 5.41) is 3.46. The summed E-state index contributed by atoms with van der Waals surface area (Å²) in [5.74, 6) is 2.41. The van der Waals surface area contributed by atoms with Gasteiger partial charge in [0.05, 0.1) is 5.75 Å². The first-order valence-corrected chi connectivity index (χ1v) is 9.64. The molecule has 6 nitrogen and oxygen atoms in total. The van der Waals surface area contributed by atoms with Gasteiger partial charge in [0, 0.05) is 31.9 Å². The number of nitrogens with one attached hydrogen (secondary N) is 1. The molecule has 0 fully saturated rings. The number of carbonyl (C=O) groups excluding carboxylic acids is 1. The summed E-state index contributed by atoms with van der Waals surface area (Å²) in [6.45, 7) is 7.65. The van der Waals surface area contributed by atoms with Crippen LogP contribution in [-0.2, 0) is 12.2 Å². The second kappa shape index (κ2) is 9.46. The van der Waals surface area contributed by atoms with E-state index in [0.717, 1.165) is 41.8 Å². The Balaban J connectivity index is 2.07. The Hall–Kier alpha value is -2.02. The van der Waals surface area contributed by atoms with Gasteiger partial charge in [-0.05, 0) is 31.9 Å². The van der Waals surface area contributed by atoms with Crippen LogP contribution in [0.4, 0.5) is 5.82 Å². The van der Waals surface area contributed by atoms with E-state index in [2.05, 4.69) is 34.0 Å². The Bertz CT molecular complexity index is 702. The van der Waals surface area contributed by atoms with E-state index < -0.39 is 0 Å². The van der Waals surface area contributed by atoms with Gasteiger partial charge in [0.1, 0.15) is 11.6 Å². The molecule has 1 N–H and O–H groups in total. The number of hydrogen-bond donors (Lipinski definition) is 1. The molecule has 2 aromatic rings. The third-order valence-corrected chi connectivity index (χ3v) is 4.49. The molecular weight excluding hydrogens is 336 g/mol. The van der Waals surface area contributed by atoms with E-state index in [4.69, 9.17) is 4.42 Å². The predicted molar refractivity (Wildman–Crippen MR) is 101 cm³/mol. The van der Waals surface area contributed by atoms with Crippen molar-refractivity contribution in [2.45, 2.75) is 44.5 Å². The maximum Gasteiger partial charge on any atom is 0.286 e. The number of aryl methyl sites for hydroxylation is 1. The van der Waals surface area contributed by atoms with Gasteiger partial charge in [-0.25, -0.2) is 9.97 Å². The Morgan fingerprint density at radius 3 is 2.76 bits per heavy atom. The monoisotopic (exact) mass is 362 g/mol. The number of hydrogen-bond acceptors (Lipinski definition) is 6. The van der Waals surface area contributed by atoms with Crippen LogP contribution >= 0.6 is 11.8 Å². The predicted octanol–water partition coefficient (Wildman–Crippen LogP) is 3.52. The van der Waals surface area contributed by atoms with Crippen LogP contribution in [0.1, 0.15) is 49.2 Å². The molecule has 2 rings (SSSR count). The van der Waals surface area contributed by atoms with Crippen molar-refractivity contribution in [1.29, 1.82) is 0 Å². The Kier molecular flexibility index (Phi) is 7.31. The number of carbonyl (C=O) groups is 1. The molecule has 7 heteroatoms. The second-order valence-corrected chi connectivity index (χ2v) is 6.63. The van der Waals surface area contributed by atoms with Crippen molar-refractivity contribution in [2.24, 2.45) is 0 Å². The molecule has 0 saturated heterocycles. The van der Waals surface area contributed by atoms with Gasteiger partial charge in [0.2, 0.25) is 0 Å². The van der Waals surface area contributed by atoms with Crippen molar-refractivity contribution >= 4 is 23.5 Å². The Morgan fingerprint density at radius 1 is 1.28 bits per heavy atom. The SMILES string of the molecule is CCCN(C)c1cc(CC)nc(SCc2ccc(C(=O)NCC)o2)n1. The van der Waals surface area contributed by atoms with Gasteiger partial charge < -0.3 is 14.6 Å². The quantitative estimate of drug-likeness (QED) is 0.544. The van der Waals surface area contributed by atoms with E-state index in [1.54, 1.807) is 6.07 Å². The highest BCUT2D eigenvalue weighted by molar-refractivity contribution is 7.98. The lowest BCUT2D eigenvalue weighted by Crippen LogP contribution is -2.21. The largest absolute Gasteiger partial charge is 0.455 e. The molecule has 1 amide bonds. The molecule has 136 valence electrons. The zero-order valence-corrected chi connectivity index (χ0v) is 16.2. The van der Waals surface area contributed by atoms with E-state index in [-0.39, 0.29) is 5.91 Å². The average molecular weight is 362 g/mol. The van der Waals surface area contributed by atoms with Gasteiger partial charge in [-0.3, -0.25) is 4.79 Å². The molecule has 2 heterocycles. The third kappa shape index (κ3) is 5.49. The highest BCUT2D eigenvalue weighted by atomic mass is 32.2. The van der Waals surface area contributed by atoms with Gasteiger partial charge in [0.25, 0.3) is 5.91 Å². The minimum Gasteiger partial charge on any atom is -0.455 e. The third-order valence-electron chi connectivity index (χ3n) is 3.62. The highest BCUT2D eigenvalue weighted by Crippen LogP contribution is 2.24. The van der Waals surface area contributed by atoms with Crippen LogP contribution in [0, 0.1) is 0 Å². The van der Waals surface area contributed by atoms with Crippen LogP contribution in [0.25, 0.3) is 0 Å². The van der Waals surface area contributed by atoms with Crippen molar-refractivity contribution in [3.8, 4) is 0 Å². The molecule has 0 aromatic carbocycles. The minimum atomic E-state index is -0.188. The maximum atomic E-state index is 11.8. The van der Waals surface area contributed by atoms with Gasteiger partial charge in [0.15, 0.2) is 10.9 Å². The number of nitrogens with zero attached hydrogens (tertiary/aromatic N) is 3. The fourth-order valence-corrected chi connectivity index (χ4v) is 3.08. The fraction of sp³-hybridized carbons (Fsp3) is 0.500. The van der Waals surface area contributed by atoms with Crippen molar-refractivity contribution in [2.75, 3.05) is 25.0 Å². The zero-order chi connectivity index (χ0) is 18.2. The molecule has 0 unspecified atom stereocenters. The number of furan rings is 1. The Labute approximate surface area is 153 Å². The lowest BCUT2D eigenvalue weighted by atomic mass is 10.3. The van der Waals surface area contributed by atoms with Gasteiger partial charge in [-0.2, -0.15) is 0 Å². The van der Waals surface area contributed by atoms with Crippen LogP contribution in [-0.4, -0.2) is 36.0 Å². The molecule has 0 atom stereocenters. The molecule has 0 spiro atoms. The van der Waals surface area contributed by atoms with Crippen LogP contribution in [0.15, 0.2) is 27.8 Å². The molecule has 0 bridgehead atoms. The summed E-state index contributed by atoms with van der Waals surface area (Å²) in [6, 6.07) is 5.57. The van der Waals surface area contributed by atoms with Crippen molar-refractivity contribution in [3.05, 3.63) is 35.4 Å². The summed E-state index contributed by atoms with van der Waals surface area (Å²) in [5.41, 5.74) is 1.03. The first-order chi connectivity index (χ1) is 12.1. The topological polar surface area (TPSA) is 71.3 Å². The Morgan fingerprint density at radius 2 is 2.08 bits per heavy atom. The standard InChI is InChI=1S/C18H26N4O2S/c1-5-10-22(4)16-11-13(6-2)20-18(21-16)25-12-14-8-9-15(24-14)17(23)19-7-3/h8-9,11H,5-7,10,12H2,1-4H3,(H,19,23). The number of anilines is 1. The molecule has 25 heavy (non-hydrogen) atoms. The zero-order valence-electron chi connectivity index (χ0n) is 15.3. The number of amides is 1. The normalized spacial score (nSPS) is 10.7. The lowest BCUT2D eigenvalue weighted by molar-refractivity contribution is 0.0927. The smallest absolute Gasteiger partial charge is 0.286 e. The molecule has 0 aliphatic rings. The summed E-state index contributed by atoms with van der Waals surface area (Å²) in [4.78, 5) is 23.1. The number of thioether (sulfide) groups is 1. The van der Waals surface area contributed by atoms with Crippen molar-refractivity contribution in [1.82, 2.24) is 15.3 Å². The minimum absolute atomic E-state index is 0.188. The summed E-state index contributed by atoms with van der Waals surface area (Å²) >= 11 is 1.52. The van der Waals surface area contributed by atoms with Crippen LogP contribution in [0.3, 0.4) is 0 Å². The van der Waals surface area contributed by atoms with E-state index in [9.17, 15) is 4.79 Å². The average Bonchev–Trinajstić information content (AvgIpc) is 3.09. The molecule has 0 radical (unpaired) electrons. The van der Waals surface area contributed by atoms with E-state index >= 15 is 0 Å². The van der Waals surface area contributed by atoms with Crippen molar-refractivity contribution < 1.29 is 9.21 Å². The molecule has 0 aliphatic heterocycles. The van der Waals surface area contributed by atoms with E-state index in [0.29, 0.717) is 18.1 Å². The molecule has 0 aliphatic carbocycles. The van der Waals surface area contributed by atoms with E-state index in [1.165, 1.54) is 11.8 Å². The summed E-state index contributed by atoms with van der Waals surface area (Å²) < 4.78 is 5.59. The van der Waals surface area contributed by atoms with Crippen LogP contribution in [0.2, 0.25) is 0 Å². The fourth-order valence-electron chi connectivity index (χ4n) is 2.31. The van der Waals surface area contributed by atoms with Crippen molar-refractivity contribution in [3.63, 3.8) is 0 Å². The van der Waals surface area contributed by atoms with Gasteiger partial charge in [-0.15, -0.1) is 0 Å². The maximum absolute atomic E-state index is 11.8. The van der Waals surface area contributed by atoms with Crippen LogP contribution < -0.4 is 10.2 Å². The molecule has 2 aromatic heterocycles. The number of rotatable bonds is 9. The van der Waals surface area contributed by atoms with Crippen LogP contribution in [0.5, 0.6) is 0 Å². The van der Waals surface area contributed by atoms with Gasteiger partial charge >= 0.3 is 0 Å². The summed E-state index contributed by atoms with van der Waals surface area (Å²) in [7, 11) is 2.05. The van der Waals surface area contributed by atoms with Gasteiger partial charge in [-0.1, -0.05) is 25.6 Å². The first kappa shape index (κ1) is 19.3. The molecule has 0 saturated carbocycles. The van der Waals surface area contributed by atoms with E-state index in [1.807, 2.05) is 26.1 Å². The second-order valence-electron chi connectivity index (χ2n) is 5.69. The molecular formula is C18H26N4O2S. The first-order valence-electron chi connectivity index (χ1n) is 8.66. The lowest BCUT2D eigenvalue weighted by Gasteiger charge is -2.18. The highest BCUT2D eigenvalue weighted by Gasteiger charge is 2.12.